The molecule has 0 aromatic carbocycles. The van der Waals surface area contributed by atoms with Gasteiger partial charge < -0.3 is 19.7 Å². The third-order valence-corrected chi connectivity index (χ3v) is 7.19. The first kappa shape index (κ1) is 19.3. The van der Waals surface area contributed by atoms with Crippen LogP contribution >= 0.6 is 11.8 Å². The molecule has 0 aromatic rings. The predicted molar refractivity (Wildman–Crippen MR) is 106 cm³/mol. The molecule has 2 heterocycles. The maximum Gasteiger partial charge on any atom is 0.193 e. The summed E-state index contributed by atoms with van der Waals surface area (Å²) in [7, 11) is 1.91. The van der Waals surface area contributed by atoms with E-state index in [0.717, 1.165) is 64.7 Å². The zero-order chi connectivity index (χ0) is 17.4. The van der Waals surface area contributed by atoms with Crippen molar-refractivity contribution in [2.24, 2.45) is 4.99 Å². The summed E-state index contributed by atoms with van der Waals surface area (Å²) in [4.78, 5) is 7.03. The second-order valence-electron chi connectivity index (χ2n) is 7.52. The van der Waals surface area contributed by atoms with Crippen LogP contribution in [0.25, 0.3) is 0 Å². The molecular weight excluding hydrogens is 334 g/mol. The lowest BCUT2D eigenvalue weighted by molar-refractivity contribution is -0.0320. The molecular formula is C19H35N3O2S. The predicted octanol–water partition coefficient (Wildman–Crippen LogP) is 2.90. The van der Waals surface area contributed by atoms with Crippen LogP contribution in [0.5, 0.6) is 0 Å². The van der Waals surface area contributed by atoms with Crippen molar-refractivity contribution in [3.63, 3.8) is 0 Å². The van der Waals surface area contributed by atoms with Gasteiger partial charge in [-0.2, -0.15) is 11.8 Å². The molecule has 6 heteroatoms. The van der Waals surface area contributed by atoms with Crippen molar-refractivity contribution in [2.45, 2.75) is 62.2 Å². The zero-order valence-corrected chi connectivity index (χ0v) is 16.6. The SMILES string of the molecule is CN=C(NCCCOC1CCOCC1)N1CCSC2(CCCCC2)C1. The molecule has 0 unspecified atom stereocenters. The van der Waals surface area contributed by atoms with Gasteiger partial charge >= 0.3 is 0 Å². The molecule has 0 atom stereocenters. The molecule has 1 N–H and O–H groups in total. The van der Waals surface area contributed by atoms with E-state index in [1.807, 2.05) is 7.05 Å². The molecule has 25 heavy (non-hydrogen) atoms. The van der Waals surface area contributed by atoms with E-state index in [1.165, 1.54) is 37.9 Å². The number of ether oxygens (including phenoxy) is 2. The minimum Gasteiger partial charge on any atom is -0.381 e. The normalized spacial score (nSPS) is 25.3. The van der Waals surface area contributed by atoms with Gasteiger partial charge in [-0.3, -0.25) is 4.99 Å². The molecule has 3 fully saturated rings. The number of guanidine groups is 1. The fraction of sp³-hybridized carbons (Fsp3) is 0.947. The van der Waals surface area contributed by atoms with Crippen molar-refractivity contribution in [1.29, 1.82) is 0 Å². The van der Waals surface area contributed by atoms with E-state index in [2.05, 4.69) is 27.0 Å². The molecule has 0 radical (unpaired) electrons. The monoisotopic (exact) mass is 369 g/mol. The van der Waals surface area contributed by atoms with Crippen LogP contribution in [0.4, 0.5) is 0 Å². The summed E-state index contributed by atoms with van der Waals surface area (Å²) in [5, 5.41) is 3.56. The van der Waals surface area contributed by atoms with E-state index in [1.54, 1.807) is 0 Å². The molecule has 1 aliphatic carbocycles. The summed E-state index contributed by atoms with van der Waals surface area (Å²) in [6, 6.07) is 0. The van der Waals surface area contributed by atoms with E-state index in [9.17, 15) is 0 Å². The zero-order valence-electron chi connectivity index (χ0n) is 15.8. The molecule has 2 saturated heterocycles. The summed E-state index contributed by atoms with van der Waals surface area (Å²) in [5.74, 6) is 2.31. The third-order valence-electron chi connectivity index (χ3n) is 5.65. The maximum absolute atomic E-state index is 5.96. The second kappa shape index (κ2) is 10.0. The van der Waals surface area contributed by atoms with Gasteiger partial charge in [-0.05, 0) is 32.1 Å². The van der Waals surface area contributed by atoms with Gasteiger partial charge in [-0.25, -0.2) is 0 Å². The van der Waals surface area contributed by atoms with Crippen molar-refractivity contribution in [3.8, 4) is 0 Å². The second-order valence-corrected chi connectivity index (χ2v) is 9.09. The fourth-order valence-electron chi connectivity index (χ4n) is 4.22. The van der Waals surface area contributed by atoms with E-state index in [-0.39, 0.29) is 0 Å². The molecule has 2 aliphatic heterocycles. The average molecular weight is 370 g/mol. The fourth-order valence-corrected chi connectivity index (χ4v) is 5.79. The van der Waals surface area contributed by atoms with E-state index in [4.69, 9.17) is 9.47 Å². The topological polar surface area (TPSA) is 46.1 Å². The largest absolute Gasteiger partial charge is 0.381 e. The highest BCUT2D eigenvalue weighted by atomic mass is 32.2. The summed E-state index contributed by atoms with van der Waals surface area (Å²) < 4.78 is 11.8. The van der Waals surface area contributed by atoms with Crippen molar-refractivity contribution >= 4 is 17.7 Å². The first-order valence-electron chi connectivity index (χ1n) is 10.1. The molecule has 0 bridgehead atoms. The Labute approximate surface area is 157 Å². The van der Waals surface area contributed by atoms with Gasteiger partial charge in [0.1, 0.15) is 0 Å². The summed E-state index contributed by atoms with van der Waals surface area (Å²) in [5.41, 5.74) is 0. The standard InChI is InChI=1S/C19H35N3O2S/c1-20-18(21-10-5-12-24-17-6-13-23-14-7-17)22-11-15-25-19(16-22)8-3-2-4-9-19/h17H,2-16H2,1H3,(H,20,21). The molecule has 144 valence electrons. The highest BCUT2D eigenvalue weighted by molar-refractivity contribution is 8.00. The smallest absolute Gasteiger partial charge is 0.193 e. The summed E-state index contributed by atoms with van der Waals surface area (Å²) in [6.45, 7) is 5.75. The number of nitrogens with one attached hydrogen (secondary N) is 1. The highest BCUT2D eigenvalue weighted by Gasteiger charge is 2.38. The van der Waals surface area contributed by atoms with Crippen molar-refractivity contribution in [3.05, 3.63) is 0 Å². The lowest BCUT2D eigenvalue weighted by atomic mass is 9.87. The highest BCUT2D eigenvalue weighted by Crippen LogP contribution is 2.42. The molecule has 3 rings (SSSR count). The van der Waals surface area contributed by atoms with Crippen molar-refractivity contribution < 1.29 is 9.47 Å². The Morgan fingerprint density at radius 3 is 2.84 bits per heavy atom. The number of hydrogen-bond donors (Lipinski definition) is 1. The molecule has 5 nitrogen and oxygen atoms in total. The van der Waals surface area contributed by atoms with E-state index < -0.39 is 0 Å². The molecule has 1 saturated carbocycles. The number of hydrogen-bond acceptors (Lipinski definition) is 4. The first-order valence-corrected chi connectivity index (χ1v) is 11.1. The van der Waals surface area contributed by atoms with Crippen LogP contribution in [0.3, 0.4) is 0 Å². The van der Waals surface area contributed by atoms with Crippen LogP contribution in [0.15, 0.2) is 4.99 Å². The lowest BCUT2D eigenvalue weighted by Crippen LogP contribution is -2.53. The quantitative estimate of drug-likeness (QED) is 0.459. The molecule has 3 aliphatic rings. The number of thioether (sulfide) groups is 1. The Morgan fingerprint density at radius 1 is 1.28 bits per heavy atom. The van der Waals surface area contributed by atoms with Gasteiger partial charge in [0, 0.05) is 57.0 Å². The Balaban J connectivity index is 1.37. The van der Waals surface area contributed by atoms with Crippen LogP contribution in [0, 0.1) is 0 Å². The Hall–Kier alpha value is -0.460. The minimum atomic E-state index is 0.401. The van der Waals surface area contributed by atoms with Crippen LogP contribution in [-0.4, -0.2) is 74.0 Å². The minimum absolute atomic E-state index is 0.401. The van der Waals surface area contributed by atoms with E-state index in [0.29, 0.717) is 10.9 Å². The van der Waals surface area contributed by atoms with E-state index >= 15 is 0 Å². The Kier molecular flexibility index (Phi) is 7.74. The summed E-state index contributed by atoms with van der Waals surface area (Å²) >= 11 is 2.21. The van der Waals surface area contributed by atoms with Gasteiger partial charge in [-0.1, -0.05) is 19.3 Å². The summed E-state index contributed by atoms with van der Waals surface area (Å²) in [6.07, 6.45) is 10.5. The van der Waals surface area contributed by atoms with Gasteiger partial charge in [0.2, 0.25) is 0 Å². The molecule has 1 spiro atoms. The Bertz CT molecular complexity index is 415. The van der Waals surface area contributed by atoms with Crippen LogP contribution in [0.2, 0.25) is 0 Å². The van der Waals surface area contributed by atoms with Crippen molar-refractivity contribution in [1.82, 2.24) is 10.2 Å². The Morgan fingerprint density at radius 2 is 2.08 bits per heavy atom. The van der Waals surface area contributed by atoms with Gasteiger partial charge in [0.05, 0.1) is 6.10 Å². The number of aliphatic imine (C=N–C) groups is 1. The van der Waals surface area contributed by atoms with Gasteiger partial charge in [0.15, 0.2) is 5.96 Å². The van der Waals surface area contributed by atoms with Gasteiger partial charge in [-0.15, -0.1) is 0 Å². The van der Waals surface area contributed by atoms with Crippen LogP contribution in [-0.2, 0) is 9.47 Å². The molecule has 0 amide bonds. The number of nitrogens with zero attached hydrogens (tertiary/aromatic N) is 2. The van der Waals surface area contributed by atoms with Crippen LogP contribution in [0.1, 0.15) is 51.4 Å². The lowest BCUT2D eigenvalue weighted by Gasteiger charge is -2.45. The van der Waals surface area contributed by atoms with Crippen molar-refractivity contribution in [2.75, 3.05) is 52.3 Å². The van der Waals surface area contributed by atoms with Gasteiger partial charge in [0.25, 0.3) is 0 Å². The molecule has 0 aromatic heterocycles. The average Bonchev–Trinajstić information content (AvgIpc) is 2.66. The third kappa shape index (κ3) is 5.76. The van der Waals surface area contributed by atoms with Crippen LogP contribution < -0.4 is 5.32 Å². The maximum atomic E-state index is 5.96. The number of rotatable bonds is 5. The first-order chi connectivity index (χ1) is 12.3.